The molecule has 2 heteroatoms. The number of hydrogen-bond donors (Lipinski definition) is 1. The van der Waals surface area contributed by atoms with Gasteiger partial charge in [-0.25, -0.2) is 0 Å². The number of anilines is 1. The molecule has 0 aliphatic rings. The van der Waals surface area contributed by atoms with Crippen LogP contribution in [-0.2, 0) is 0 Å². The van der Waals surface area contributed by atoms with Crippen molar-refractivity contribution < 1.29 is 5.11 Å². The summed E-state index contributed by atoms with van der Waals surface area (Å²) in [6.45, 7) is 6.82. The molecule has 0 aliphatic carbocycles. The fourth-order valence-corrected chi connectivity index (χ4v) is 1.32. The van der Waals surface area contributed by atoms with Crippen molar-refractivity contribution in [2.24, 2.45) is 5.41 Å². The summed E-state index contributed by atoms with van der Waals surface area (Å²) in [5.41, 5.74) is 1.07. The standard InChI is InChI=1S/C13H21NO/c1-13(2,3)12(15)10-14(4)11-8-6-5-7-9-11/h5-9,12,15H,10H2,1-4H3. The van der Waals surface area contributed by atoms with Gasteiger partial charge in [0.05, 0.1) is 6.10 Å². The maximum absolute atomic E-state index is 9.98. The number of hydrogen-bond acceptors (Lipinski definition) is 2. The highest BCUT2D eigenvalue weighted by molar-refractivity contribution is 5.45. The van der Waals surface area contributed by atoms with Crippen LogP contribution in [0.2, 0.25) is 0 Å². The molecule has 0 radical (unpaired) electrons. The third kappa shape index (κ3) is 3.56. The minimum absolute atomic E-state index is 0.0664. The second-order valence-corrected chi connectivity index (χ2v) is 5.10. The normalized spacial score (nSPS) is 13.7. The van der Waals surface area contributed by atoms with Crippen molar-refractivity contribution in [2.45, 2.75) is 26.9 Å². The zero-order valence-electron chi connectivity index (χ0n) is 10.1. The SMILES string of the molecule is CN(CC(O)C(C)(C)C)c1ccccc1. The van der Waals surface area contributed by atoms with Gasteiger partial charge in [-0.05, 0) is 17.5 Å². The Hall–Kier alpha value is -1.02. The third-order valence-electron chi connectivity index (χ3n) is 2.64. The maximum atomic E-state index is 9.98. The highest BCUT2D eigenvalue weighted by Gasteiger charge is 2.23. The smallest absolute Gasteiger partial charge is 0.0763 e. The van der Waals surface area contributed by atoms with Gasteiger partial charge in [0.15, 0.2) is 0 Å². The van der Waals surface area contributed by atoms with E-state index in [0.717, 1.165) is 5.69 Å². The fraction of sp³-hybridized carbons (Fsp3) is 0.538. The summed E-state index contributed by atoms with van der Waals surface area (Å²) in [6.07, 6.45) is -0.317. The van der Waals surface area contributed by atoms with Gasteiger partial charge in [-0.15, -0.1) is 0 Å². The van der Waals surface area contributed by atoms with E-state index in [4.69, 9.17) is 0 Å². The van der Waals surface area contributed by atoms with Gasteiger partial charge in [0.2, 0.25) is 0 Å². The molecular weight excluding hydrogens is 186 g/mol. The Labute approximate surface area is 92.5 Å². The summed E-state index contributed by atoms with van der Waals surface area (Å²) in [4.78, 5) is 2.08. The zero-order chi connectivity index (χ0) is 11.5. The van der Waals surface area contributed by atoms with E-state index >= 15 is 0 Å². The molecule has 1 N–H and O–H groups in total. The Morgan fingerprint density at radius 1 is 1.20 bits per heavy atom. The molecule has 0 fully saturated rings. The molecule has 1 aromatic rings. The van der Waals surface area contributed by atoms with E-state index < -0.39 is 0 Å². The Kier molecular flexibility index (Phi) is 3.75. The van der Waals surface area contributed by atoms with E-state index in [1.807, 2.05) is 25.2 Å². The summed E-state index contributed by atoms with van der Waals surface area (Å²) in [7, 11) is 2.00. The number of aliphatic hydroxyl groups excluding tert-OH is 1. The molecule has 0 aromatic heterocycles. The van der Waals surface area contributed by atoms with Crippen LogP contribution in [0.4, 0.5) is 5.69 Å². The summed E-state index contributed by atoms with van der Waals surface area (Å²) in [5.74, 6) is 0. The summed E-state index contributed by atoms with van der Waals surface area (Å²) < 4.78 is 0. The van der Waals surface area contributed by atoms with Crippen LogP contribution < -0.4 is 4.90 Å². The van der Waals surface area contributed by atoms with E-state index in [0.29, 0.717) is 6.54 Å². The van der Waals surface area contributed by atoms with Crippen molar-refractivity contribution in [2.75, 3.05) is 18.5 Å². The molecule has 0 spiro atoms. The van der Waals surface area contributed by atoms with Crippen molar-refractivity contribution in [3.8, 4) is 0 Å². The third-order valence-corrected chi connectivity index (χ3v) is 2.64. The van der Waals surface area contributed by atoms with Gasteiger partial charge in [-0.2, -0.15) is 0 Å². The molecule has 2 nitrogen and oxygen atoms in total. The first-order valence-corrected chi connectivity index (χ1v) is 5.35. The van der Waals surface area contributed by atoms with Gasteiger partial charge in [0.1, 0.15) is 0 Å². The Morgan fingerprint density at radius 3 is 2.20 bits per heavy atom. The number of aliphatic hydroxyl groups is 1. The van der Waals surface area contributed by atoms with Crippen LogP contribution in [0.1, 0.15) is 20.8 Å². The molecule has 15 heavy (non-hydrogen) atoms. The number of benzene rings is 1. The molecule has 1 atom stereocenters. The quantitative estimate of drug-likeness (QED) is 0.823. The fourth-order valence-electron chi connectivity index (χ4n) is 1.32. The van der Waals surface area contributed by atoms with Crippen molar-refractivity contribution >= 4 is 5.69 Å². The topological polar surface area (TPSA) is 23.5 Å². The first-order valence-electron chi connectivity index (χ1n) is 5.35. The Morgan fingerprint density at radius 2 is 1.73 bits per heavy atom. The average Bonchev–Trinajstić information content (AvgIpc) is 2.17. The number of para-hydroxylation sites is 1. The van der Waals surface area contributed by atoms with E-state index in [1.54, 1.807) is 0 Å². The van der Waals surface area contributed by atoms with Crippen molar-refractivity contribution in [3.63, 3.8) is 0 Å². The minimum Gasteiger partial charge on any atom is -0.391 e. The van der Waals surface area contributed by atoms with E-state index in [2.05, 4.69) is 37.8 Å². The Bertz CT molecular complexity index is 289. The van der Waals surface area contributed by atoms with Gasteiger partial charge in [-0.3, -0.25) is 0 Å². The maximum Gasteiger partial charge on any atom is 0.0763 e. The predicted octanol–water partition coefficient (Wildman–Crippen LogP) is 2.53. The van der Waals surface area contributed by atoms with E-state index in [9.17, 15) is 5.11 Å². The van der Waals surface area contributed by atoms with E-state index in [1.165, 1.54) is 0 Å². The van der Waals surface area contributed by atoms with Crippen LogP contribution in [0.5, 0.6) is 0 Å². The van der Waals surface area contributed by atoms with Crippen molar-refractivity contribution in [1.82, 2.24) is 0 Å². The van der Waals surface area contributed by atoms with Gasteiger partial charge >= 0.3 is 0 Å². The molecule has 0 aliphatic heterocycles. The van der Waals surface area contributed by atoms with Gasteiger partial charge < -0.3 is 10.0 Å². The van der Waals surface area contributed by atoms with Gasteiger partial charge in [0, 0.05) is 19.3 Å². The van der Waals surface area contributed by atoms with Crippen LogP contribution in [-0.4, -0.2) is 24.8 Å². The molecule has 1 unspecified atom stereocenters. The summed E-state index contributed by atoms with van der Waals surface area (Å²) in [6, 6.07) is 10.1. The zero-order valence-corrected chi connectivity index (χ0v) is 10.1. The number of likely N-dealkylation sites (N-methyl/N-ethyl adjacent to an activating group) is 1. The first kappa shape index (κ1) is 12.1. The molecule has 84 valence electrons. The Balaban J connectivity index is 2.61. The molecule has 0 saturated heterocycles. The molecule has 0 bridgehead atoms. The highest BCUT2D eigenvalue weighted by atomic mass is 16.3. The van der Waals surface area contributed by atoms with Gasteiger partial charge in [-0.1, -0.05) is 39.0 Å². The first-order chi connectivity index (χ1) is 6.91. The lowest BCUT2D eigenvalue weighted by Gasteiger charge is -2.30. The summed E-state index contributed by atoms with van der Waals surface area (Å²) >= 11 is 0. The van der Waals surface area contributed by atoms with Crippen LogP contribution in [0.15, 0.2) is 30.3 Å². The van der Waals surface area contributed by atoms with Crippen LogP contribution in [0.25, 0.3) is 0 Å². The molecule has 0 saturated carbocycles. The lowest BCUT2D eigenvalue weighted by molar-refractivity contribution is 0.0699. The van der Waals surface area contributed by atoms with Crippen LogP contribution >= 0.6 is 0 Å². The van der Waals surface area contributed by atoms with Crippen LogP contribution in [0, 0.1) is 5.41 Å². The van der Waals surface area contributed by atoms with E-state index in [-0.39, 0.29) is 11.5 Å². The lowest BCUT2D eigenvalue weighted by Crippen LogP contribution is -2.37. The average molecular weight is 207 g/mol. The molecule has 0 amide bonds. The van der Waals surface area contributed by atoms with Gasteiger partial charge in [0.25, 0.3) is 0 Å². The molecular formula is C13H21NO. The van der Waals surface area contributed by atoms with Crippen LogP contribution in [0.3, 0.4) is 0 Å². The highest BCUT2D eigenvalue weighted by Crippen LogP contribution is 2.21. The minimum atomic E-state index is -0.317. The molecule has 1 rings (SSSR count). The van der Waals surface area contributed by atoms with Crippen molar-refractivity contribution in [1.29, 1.82) is 0 Å². The lowest BCUT2D eigenvalue weighted by atomic mass is 9.89. The second kappa shape index (κ2) is 4.67. The summed E-state index contributed by atoms with van der Waals surface area (Å²) in [5, 5.41) is 9.98. The monoisotopic (exact) mass is 207 g/mol. The number of rotatable bonds is 3. The largest absolute Gasteiger partial charge is 0.391 e. The molecule has 1 aromatic carbocycles. The number of nitrogens with zero attached hydrogens (tertiary/aromatic N) is 1. The predicted molar refractivity (Wildman–Crippen MR) is 65.2 cm³/mol. The second-order valence-electron chi connectivity index (χ2n) is 5.10. The van der Waals surface area contributed by atoms with Crippen molar-refractivity contribution in [3.05, 3.63) is 30.3 Å². The molecule has 0 heterocycles.